The van der Waals surface area contributed by atoms with Gasteiger partial charge in [-0.05, 0) is 31.6 Å². The van der Waals surface area contributed by atoms with Crippen molar-refractivity contribution in [2.45, 2.75) is 63.8 Å². The van der Waals surface area contributed by atoms with E-state index < -0.39 is 0 Å². The molecule has 3 aliphatic rings. The first-order valence-corrected chi connectivity index (χ1v) is 8.53. The molecule has 128 valence electrons. The van der Waals surface area contributed by atoms with Crippen molar-refractivity contribution in [1.29, 1.82) is 0 Å². The Labute approximate surface area is 151 Å². The van der Waals surface area contributed by atoms with Crippen molar-refractivity contribution in [1.82, 2.24) is 4.90 Å². The van der Waals surface area contributed by atoms with Gasteiger partial charge in [-0.15, -0.1) is 24.0 Å². The molecule has 2 saturated heterocycles. The van der Waals surface area contributed by atoms with Crippen LogP contribution in [0.3, 0.4) is 0 Å². The predicted molar refractivity (Wildman–Crippen MR) is 98.5 cm³/mol. The average Bonchev–Trinajstić information content (AvgIpc) is 2.89. The van der Waals surface area contributed by atoms with Gasteiger partial charge in [-0.1, -0.05) is 13.3 Å². The zero-order chi connectivity index (χ0) is 14.7. The first-order chi connectivity index (χ1) is 10.2. The number of piperidine rings is 1. The van der Waals surface area contributed by atoms with Crippen LogP contribution in [0.1, 0.15) is 51.9 Å². The lowest BCUT2D eigenvalue weighted by atomic mass is 9.94. The van der Waals surface area contributed by atoms with Gasteiger partial charge in [-0.2, -0.15) is 0 Å². The Kier molecular flexibility index (Phi) is 6.76. The first-order valence-electron chi connectivity index (χ1n) is 8.53. The molecule has 3 fully saturated rings. The van der Waals surface area contributed by atoms with Gasteiger partial charge in [0.15, 0.2) is 11.7 Å². The minimum Gasteiger partial charge on any atom is -0.370 e. The van der Waals surface area contributed by atoms with Crippen LogP contribution in [0, 0.1) is 5.92 Å². The van der Waals surface area contributed by atoms with E-state index in [1.165, 1.54) is 32.1 Å². The van der Waals surface area contributed by atoms with Crippen LogP contribution in [-0.4, -0.2) is 49.0 Å². The average molecular weight is 423 g/mol. The SMILES string of the molecule is CC1CCN(C(N)=NCC2COC3(CCCCC3)O2)CC1.I. The minimum atomic E-state index is -0.298. The molecule has 2 aliphatic heterocycles. The Morgan fingerprint density at radius 2 is 1.91 bits per heavy atom. The number of guanidine groups is 1. The molecule has 0 aromatic heterocycles. The van der Waals surface area contributed by atoms with Crippen molar-refractivity contribution in [3.63, 3.8) is 0 Å². The number of aliphatic imine (C=N–C) groups is 1. The number of nitrogens with two attached hydrogens (primary N) is 1. The molecular weight excluding hydrogens is 393 g/mol. The van der Waals surface area contributed by atoms with Gasteiger partial charge in [0.1, 0.15) is 6.10 Å². The molecule has 1 aliphatic carbocycles. The highest BCUT2D eigenvalue weighted by molar-refractivity contribution is 14.0. The molecule has 0 bridgehead atoms. The van der Waals surface area contributed by atoms with Gasteiger partial charge in [-0.3, -0.25) is 4.99 Å². The molecule has 1 unspecified atom stereocenters. The van der Waals surface area contributed by atoms with E-state index in [4.69, 9.17) is 15.2 Å². The Bertz CT molecular complexity index is 378. The molecule has 1 spiro atoms. The summed E-state index contributed by atoms with van der Waals surface area (Å²) >= 11 is 0. The molecule has 0 aromatic carbocycles. The molecule has 1 atom stereocenters. The summed E-state index contributed by atoms with van der Waals surface area (Å²) in [6.45, 7) is 5.65. The van der Waals surface area contributed by atoms with Crippen molar-refractivity contribution in [2.24, 2.45) is 16.6 Å². The number of hydrogen-bond donors (Lipinski definition) is 1. The van der Waals surface area contributed by atoms with Gasteiger partial charge in [0.2, 0.25) is 0 Å². The standard InChI is InChI=1S/C16H29N3O2.HI/c1-13-5-9-19(10-6-13)15(17)18-11-14-12-20-16(21-14)7-3-2-4-8-16;/h13-14H,2-12H2,1H3,(H2,17,18);1H. The molecule has 1 saturated carbocycles. The number of nitrogens with zero attached hydrogens (tertiary/aromatic N) is 2. The van der Waals surface area contributed by atoms with Gasteiger partial charge in [0.05, 0.1) is 13.2 Å². The Morgan fingerprint density at radius 3 is 2.59 bits per heavy atom. The number of halogens is 1. The highest BCUT2D eigenvalue weighted by atomic mass is 127. The van der Waals surface area contributed by atoms with Crippen LogP contribution in [0.15, 0.2) is 4.99 Å². The minimum absolute atomic E-state index is 0. The van der Waals surface area contributed by atoms with Crippen molar-refractivity contribution in [3.8, 4) is 0 Å². The van der Waals surface area contributed by atoms with Gasteiger partial charge in [0.25, 0.3) is 0 Å². The van der Waals surface area contributed by atoms with Crippen molar-refractivity contribution >= 4 is 29.9 Å². The predicted octanol–water partition coefficient (Wildman–Crippen LogP) is 2.73. The third-order valence-corrected chi connectivity index (χ3v) is 5.09. The summed E-state index contributed by atoms with van der Waals surface area (Å²) in [5.41, 5.74) is 6.12. The summed E-state index contributed by atoms with van der Waals surface area (Å²) in [6, 6.07) is 0. The molecule has 22 heavy (non-hydrogen) atoms. The van der Waals surface area contributed by atoms with Crippen LogP contribution < -0.4 is 5.73 Å². The molecule has 2 heterocycles. The van der Waals surface area contributed by atoms with E-state index in [1.807, 2.05) is 0 Å². The van der Waals surface area contributed by atoms with E-state index in [0.29, 0.717) is 19.1 Å². The lowest BCUT2D eigenvalue weighted by Crippen LogP contribution is -2.43. The van der Waals surface area contributed by atoms with Crippen LogP contribution in [-0.2, 0) is 9.47 Å². The second kappa shape index (κ2) is 8.15. The molecule has 0 amide bonds. The largest absolute Gasteiger partial charge is 0.370 e. The van der Waals surface area contributed by atoms with Crippen LogP contribution in [0.4, 0.5) is 0 Å². The Morgan fingerprint density at radius 1 is 1.23 bits per heavy atom. The topological polar surface area (TPSA) is 60.1 Å². The van der Waals surface area contributed by atoms with E-state index in [1.54, 1.807) is 0 Å². The molecule has 3 rings (SSSR count). The zero-order valence-electron chi connectivity index (χ0n) is 13.6. The van der Waals surface area contributed by atoms with E-state index in [2.05, 4.69) is 16.8 Å². The molecule has 2 N–H and O–H groups in total. The summed E-state index contributed by atoms with van der Waals surface area (Å²) in [6.07, 6.45) is 8.29. The van der Waals surface area contributed by atoms with Crippen molar-refractivity contribution in [3.05, 3.63) is 0 Å². The quantitative estimate of drug-likeness (QED) is 0.422. The van der Waals surface area contributed by atoms with Gasteiger partial charge >= 0.3 is 0 Å². The van der Waals surface area contributed by atoms with E-state index in [9.17, 15) is 0 Å². The summed E-state index contributed by atoms with van der Waals surface area (Å²) < 4.78 is 12.1. The number of rotatable bonds is 2. The molecule has 5 nitrogen and oxygen atoms in total. The summed E-state index contributed by atoms with van der Waals surface area (Å²) in [5.74, 6) is 1.19. The highest BCUT2D eigenvalue weighted by Gasteiger charge is 2.42. The van der Waals surface area contributed by atoms with E-state index in [-0.39, 0.29) is 35.9 Å². The third kappa shape index (κ3) is 4.47. The maximum atomic E-state index is 6.14. The zero-order valence-corrected chi connectivity index (χ0v) is 16.0. The van der Waals surface area contributed by atoms with Gasteiger partial charge in [0, 0.05) is 25.9 Å². The normalized spacial score (nSPS) is 29.6. The molecule has 6 heteroatoms. The molecule has 0 radical (unpaired) electrons. The molecule has 0 aromatic rings. The molecular formula is C16H30IN3O2. The fraction of sp³-hybridized carbons (Fsp3) is 0.938. The van der Waals surface area contributed by atoms with Crippen LogP contribution in [0.25, 0.3) is 0 Å². The van der Waals surface area contributed by atoms with Gasteiger partial charge in [-0.25, -0.2) is 0 Å². The lowest BCUT2D eigenvalue weighted by molar-refractivity contribution is -0.186. The van der Waals surface area contributed by atoms with Crippen LogP contribution in [0.5, 0.6) is 0 Å². The van der Waals surface area contributed by atoms with E-state index in [0.717, 1.165) is 31.8 Å². The number of hydrogen-bond acceptors (Lipinski definition) is 3. The first kappa shape index (κ1) is 18.3. The van der Waals surface area contributed by atoms with Gasteiger partial charge < -0.3 is 20.1 Å². The second-order valence-electron chi connectivity index (χ2n) is 6.89. The Hall–Kier alpha value is -0.0800. The second-order valence-corrected chi connectivity index (χ2v) is 6.89. The third-order valence-electron chi connectivity index (χ3n) is 5.09. The smallest absolute Gasteiger partial charge is 0.191 e. The lowest BCUT2D eigenvalue weighted by Gasteiger charge is -2.32. The maximum Gasteiger partial charge on any atom is 0.191 e. The van der Waals surface area contributed by atoms with Crippen LogP contribution in [0.2, 0.25) is 0 Å². The fourth-order valence-electron chi connectivity index (χ4n) is 3.59. The summed E-state index contributed by atoms with van der Waals surface area (Å²) in [4.78, 5) is 6.75. The van der Waals surface area contributed by atoms with Crippen LogP contribution >= 0.6 is 24.0 Å². The monoisotopic (exact) mass is 423 g/mol. The summed E-state index contributed by atoms with van der Waals surface area (Å²) in [7, 11) is 0. The highest BCUT2D eigenvalue weighted by Crippen LogP contribution is 2.37. The Balaban J connectivity index is 0.00000176. The fourth-order valence-corrected chi connectivity index (χ4v) is 3.59. The maximum absolute atomic E-state index is 6.14. The number of ether oxygens (including phenoxy) is 2. The van der Waals surface area contributed by atoms with Crippen molar-refractivity contribution < 1.29 is 9.47 Å². The number of likely N-dealkylation sites (tertiary alicyclic amines) is 1. The van der Waals surface area contributed by atoms with Crippen molar-refractivity contribution in [2.75, 3.05) is 26.2 Å². The van der Waals surface area contributed by atoms with E-state index >= 15 is 0 Å². The summed E-state index contributed by atoms with van der Waals surface area (Å²) in [5, 5.41) is 0.